The molecule has 1 aromatic carbocycles. The lowest BCUT2D eigenvalue weighted by molar-refractivity contribution is -0.143. The van der Waals surface area contributed by atoms with E-state index in [1.54, 1.807) is 6.92 Å². The molecule has 0 amide bonds. The number of rotatable bonds is 8. The molecule has 0 bridgehead atoms. The zero-order valence-corrected chi connectivity index (χ0v) is 16.2. The number of carbonyl (C=O) groups excluding carboxylic acids is 1. The molecule has 0 aliphatic carbocycles. The van der Waals surface area contributed by atoms with Crippen LogP contribution in [0.2, 0.25) is 0 Å². The normalized spacial score (nSPS) is 10.9. The lowest BCUT2D eigenvalue weighted by Gasteiger charge is -2.10. The number of hydrogen-bond donors (Lipinski definition) is 2. The summed E-state index contributed by atoms with van der Waals surface area (Å²) < 4.78 is 10.4. The van der Waals surface area contributed by atoms with Crippen LogP contribution < -0.4 is 15.8 Å². The largest absolute Gasteiger partial charge is 0.491 e. The summed E-state index contributed by atoms with van der Waals surface area (Å²) in [5.41, 5.74) is 6.63. The summed E-state index contributed by atoms with van der Waals surface area (Å²) in [7, 11) is 0. The van der Waals surface area contributed by atoms with Crippen molar-refractivity contribution in [3.8, 4) is 5.75 Å². The van der Waals surface area contributed by atoms with Gasteiger partial charge in [-0.2, -0.15) is 0 Å². The summed E-state index contributed by atoms with van der Waals surface area (Å²) >= 11 is 0. The SMILES string of the molecule is CCOC(=O)CCCN=C(N)Nc1ccc(OC(C)C)cc1.I. The van der Waals surface area contributed by atoms with E-state index in [0.29, 0.717) is 32.0 Å². The van der Waals surface area contributed by atoms with Crippen LogP contribution in [-0.4, -0.2) is 31.2 Å². The Morgan fingerprint density at radius 3 is 2.52 bits per heavy atom. The van der Waals surface area contributed by atoms with Crippen molar-refractivity contribution in [1.29, 1.82) is 0 Å². The highest BCUT2D eigenvalue weighted by atomic mass is 127. The van der Waals surface area contributed by atoms with Gasteiger partial charge in [0.05, 0.1) is 12.7 Å². The van der Waals surface area contributed by atoms with Crippen LogP contribution in [-0.2, 0) is 9.53 Å². The minimum Gasteiger partial charge on any atom is -0.491 e. The van der Waals surface area contributed by atoms with Gasteiger partial charge in [0.15, 0.2) is 5.96 Å². The Balaban J connectivity index is 0.00000484. The summed E-state index contributed by atoms with van der Waals surface area (Å²) in [6.45, 7) is 6.63. The van der Waals surface area contributed by atoms with Crippen LogP contribution in [0.5, 0.6) is 5.75 Å². The molecule has 0 saturated carbocycles. The predicted molar refractivity (Wildman–Crippen MR) is 104 cm³/mol. The molecule has 0 aromatic heterocycles. The number of carbonyl (C=O) groups is 1. The van der Waals surface area contributed by atoms with Crippen molar-refractivity contribution < 1.29 is 14.3 Å². The molecule has 0 fully saturated rings. The van der Waals surface area contributed by atoms with Crippen molar-refractivity contribution in [2.75, 3.05) is 18.5 Å². The van der Waals surface area contributed by atoms with Crippen LogP contribution in [0.3, 0.4) is 0 Å². The summed E-state index contributed by atoms with van der Waals surface area (Å²) in [4.78, 5) is 15.3. The van der Waals surface area contributed by atoms with Gasteiger partial charge in [-0.3, -0.25) is 9.79 Å². The molecule has 0 heterocycles. The third-order valence-corrected chi connectivity index (χ3v) is 2.62. The van der Waals surface area contributed by atoms with E-state index in [9.17, 15) is 4.79 Å². The van der Waals surface area contributed by atoms with Crippen molar-refractivity contribution in [2.24, 2.45) is 10.7 Å². The van der Waals surface area contributed by atoms with Gasteiger partial charge in [-0.25, -0.2) is 0 Å². The molecule has 0 unspecified atom stereocenters. The maximum atomic E-state index is 11.2. The Labute approximate surface area is 154 Å². The lowest BCUT2D eigenvalue weighted by Crippen LogP contribution is -2.23. The minimum atomic E-state index is -0.204. The second-order valence-corrected chi connectivity index (χ2v) is 4.99. The van der Waals surface area contributed by atoms with Crippen molar-refractivity contribution in [3.05, 3.63) is 24.3 Å². The number of nitrogens with zero attached hydrogens (tertiary/aromatic N) is 1. The van der Waals surface area contributed by atoms with Crippen LogP contribution in [0.1, 0.15) is 33.6 Å². The number of guanidine groups is 1. The molecular formula is C16H26IN3O3. The van der Waals surface area contributed by atoms with Crippen LogP contribution >= 0.6 is 24.0 Å². The lowest BCUT2D eigenvalue weighted by atomic mass is 10.3. The highest BCUT2D eigenvalue weighted by molar-refractivity contribution is 14.0. The Kier molecular flexibility index (Phi) is 11.2. The van der Waals surface area contributed by atoms with E-state index in [-0.39, 0.29) is 36.0 Å². The summed E-state index contributed by atoms with van der Waals surface area (Å²) in [6, 6.07) is 7.49. The Bertz CT molecular complexity index is 490. The number of halogens is 1. The van der Waals surface area contributed by atoms with Crippen LogP contribution in [0.4, 0.5) is 5.69 Å². The summed E-state index contributed by atoms with van der Waals surface area (Å²) in [5, 5.41) is 2.99. The van der Waals surface area contributed by atoms with Gasteiger partial charge in [-0.1, -0.05) is 0 Å². The fourth-order valence-electron chi connectivity index (χ4n) is 1.73. The fourth-order valence-corrected chi connectivity index (χ4v) is 1.73. The van der Waals surface area contributed by atoms with Crippen molar-refractivity contribution in [1.82, 2.24) is 0 Å². The number of ether oxygens (including phenoxy) is 2. The first kappa shape index (κ1) is 21.5. The number of esters is 1. The van der Waals surface area contributed by atoms with Crippen LogP contribution in [0.15, 0.2) is 29.3 Å². The van der Waals surface area contributed by atoms with E-state index in [2.05, 4.69) is 10.3 Å². The average molecular weight is 435 g/mol. The summed E-state index contributed by atoms with van der Waals surface area (Å²) in [5.74, 6) is 0.928. The Morgan fingerprint density at radius 1 is 1.30 bits per heavy atom. The highest BCUT2D eigenvalue weighted by Crippen LogP contribution is 2.16. The molecule has 1 aromatic rings. The quantitative estimate of drug-likeness (QED) is 0.216. The molecular weight excluding hydrogens is 409 g/mol. The number of benzene rings is 1. The minimum absolute atomic E-state index is 0. The maximum Gasteiger partial charge on any atom is 0.305 e. The van der Waals surface area contributed by atoms with Crippen molar-refractivity contribution in [2.45, 2.75) is 39.7 Å². The molecule has 0 aliphatic heterocycles. The zero-order chi connectivity index (χ0) is 16.4. The molecule has 3 N–H and O–H groups in total. The van der Waals surface area contributed by atoms with Gasteiger partial charge in [0.1, 0.15) is 5.75 Å². The number of aliphatic imine (C=N–C) groups is 1. The maximum absolute atomic E-state index is 11.2. The summed E-state index contributed by atoms with van der Waals surface area (Å²) in [6.07, 6.45) is 1.11. The van der Waals surface area contributed by atoms with E-state index in [0.717, 1.165) is 11.4 Å². The van der Waals surface area contributed by atoms with E-state index in [4.69, 9.17) is 15.2 Å². The van der Waals surface area contributed by atoms with E-state index < -0.39 is 0 Å². The van der Waals surface area contributed by atoms with E-state index in [1.165, 1.54) is 0 Å². The van der Waals surface area contributed by atoms with Crippen molar-refractivity contribution in [3.63, 3.8) is 0 Å². The van der Waals surface area contributed by atoms with E-state index in [1.807, 2.05) is 38.1 Å². The van der Waals surface area contributed by atoms with Gasteiger partial charge in [0.2, 0.25) is 0 Å². The van der Waals surface area contributed by atoms with Gasteiger partial charge in [-0.15, -0.1) is 24.0 Å². The van der Waals surface area contributed by atoms with E-state index >= 15 is 0 Å². The van der Waals surface area contributed by atoms with Crippen LogP contribution in [0.25, 0.3) is 0 Å². The molecule has 130 valence electrons. The second kappa shape index (κ2) is 12.0. The van der Waals surface area contributed by atoms with Gasteiger partial charge in [0.25, 0.3) is 0 Å². The molecule has 0 atom stereocenters. The number of nitrogens with one attached hydrogen (secondary N) is 1. The third-order valence-electron chi connectivity index (χ3n) is 2.62. The second-order valence-electron chi connectivity index (χ2n) is 4.99. The van der Waals surface area contributed by atoms with Crippen LogP contribution in [0, 0.1) is 0 Å². The average Bonchev–Trinajstić information content (AvgIpc) is 2.45. The molecule has 0 saturated heterocycles. The number of nitrogens with two attached hydrogens (primary N) is 1. The number of anilines is 1. The highest BCUT2D eigenvalue weighted by Gasteiger charge is 2.01. The zero-order valence-electron chi connectivity index (χ0n) is 13.9. The predicted octanol–water partition coefficient (Wildman–Crippen LogP) is 3.16. The molecule has 1 rings (SSSR count). The van der Waals surface area contributed by atoms with Gasteiger partial charge in [-0.05, 0) is 51.5 Å². The fraction of sp³-hybridized carbons (Fsp3) is 0.500. The first-order valence-corrected chi connectivity index (χ1v) is 7.50. The van der Waals surface area contributed by atoms with Crippen molar-refractivity contribution >= 4 is 41.6 Å². The molecule has 0 radical (unpaired) electrons. The topological polar surface area (TPSA) is 85.9 Å². The Hall–Kier alpha value is -1.51. The van der Waals surface area contributed by atoms with Gasteiger partial charge >= 0.3 is 5.97 Å². The molecule has 0 aliphatic rings. The molecule has 23 heavy (non-hydrogen) atoms. The standard InChI is InChI=1S/C16H25N3O3.HI/c1-4-21-15(20)6-5-11-18-16(17)19-13-7-9-14(10-8-13)22-12(2)3;/h7-10,12H,4-6,11H2,1-3H3,(H3,17,18,19);1H. The van der Waals surface area contributed by atoms with Gasteiger partial charge < -0.3 is 20.5 Å². The molecule has 6 nitrogen and oxygen atoms in total. The molecule has 7 heteroatoms. The number of hydrogen-bond acceptors (Lipinski definition) is 4. The van der Waals surface area contributed by atoms with Gasteiger partial charge in [0, 0.05) is 18.7 Å². The third kappa shape index (κ3) is 9.98. The molecule has 0 spiro atoms. The smallest absolute Gasteiger partial charge is 0.305 e. The monoisotopic (exact) mass is 435 g/mol. The first-order chi connectivity index (χ1) is 10.5. The first-order valence-electron chi connectivity index (χ1n) is 7.50. The Morgan fingerprint density at radius 2 is 1.96 bits per heavy atom.